The first-order valence-corrected chi connectivity index (χ1v) is 4.67. The fourth-order valence-electron chi connectivity index (χ4n) is 0.965. The molecule has 7 heteroatoms. The summed E-state index contributed by atoms with van der Waals surface area (Å²) in [6, 6.07) is 0. The number of carbonyl (C=O) groups excluding carboxylic acids is 1. The molecule has 0 saturated heterocycles. The zero-order valence-corrected chi connectivity index (χ0v) is 9.28. The van der Waals surface area contributed by atoms with E-state index >= 15 is 0 Å². The summed E-state index contributed by atoms with van der Waals surface area (Å²) in [6.45, 7) is 2.70. The maximum atomic E-state index is 13.1. The van der Waals surface area contributed by atoms with Crippen LogP contribution < -0.4 is 4.74 Å². The number of esters is 1. The van der Waals surface area contributed by atoms with Crippen molar-refractivity contribution in [2.24, 2.45) is 0 Å². The standard InChI is InChI=1S/C11H7F5O2/c1-3-4(2)11(17)18-10-8(15)6(13)5(12)7(14)9(10)16/h3H,1-2H3. The van der Waals surface area contributed by atoms with Gasteiger partial charge in [-0.05, 0) is 13.8 Å². The number of benzene rings is 1. The minimum atomic E-state index is -2.31. The lowest BCUT2D eigenvalue weighted by atomic mass is 10.2. The van der Waals surface area contributed by atoms with Crippen molar-refractivity contribution in [2.75, 3.05) is 0 Å². The summed E-state index contributed by atoms with van der Waals surface area (Å²) in [5.74, 6) is -13.9. The maximum Gasteiger partial charge on any atom is 0.338 e. The van der Waals surface area contributed by atoms with Crippen LogP contribution in [0.2, 0.25) is 0 Å². The van der Waals surface area contributed by atoms with Crippen molar-refractivity contribution in [3.05, 3.63) is 40.7 Å². The molecule has 0 fully saturated rings. The number of ether oxygens (including phenoxy) is 1. The van der Waals surface area contributed by atoms with Crippen LogP contribution in [0.3, 0.4) is 0 Å². The largest absolute Gasteiger partial charge is 0.417 e. The van der Waals surface area contributed by atoms with Gasteiger partial charge >= 0.3 is 5.97 Å². The summed E-state index contributed by atoms with van der Waals surface area (Å²) >= 11 is 0. The minimum absolute atomic E-state index is 0.0426. The van der Waals surface area contributed by atoms with E-state index in [-0.39, 0.29) is 5.57 Å². The average molecular weight is 266 g/mol. The Labute approximate surface area is 98.7 Å². The molecule has 1 rings (SSSR count). The molecule has 0 aliphatic heterocycles. The molecule has 0 radical (unpaired) electrons. The van der Waals surface area contributed by atoms with Gasteiger partial charge in [-0.3, -0.25) is 0 Å². The maximum absolute atomic E-state index is 13.1. The average Bonchev–Trinajstić information content (AvgIpc) is 2.37. The van der Waals surface area contributed by atoms with Crippen molar-refractivity contribution >= 4 is 5.97 Å². The lowest BCUT2D eigenvalue weighted by Gasteiger charge is -2.08. The van der Waals surface area contributed by atoms with Crippen LogP contribution >= 0.6 is 0 Å². The summed E-state index contributed by atoms with van der Waals surface area (Å²) in [4.78, 5) is 11.2. The molecule has 0 heterocycles. The molecule has 0 amide bonds. The van der Waals surface area contributed by atoms with E-state index in [9.17, 15) is 26.7 Å². The third-order valence-electron chi connectivity index (χ3n) is 2.12. The Morgan fingerprint density at radius 2 is 1.33 bits per heavy atom. The second-order valence-corrected chi connectivity index (χ2v) is 3.26. The van der Waals surface area contributed by atoms with Gasteiger partial charge in [-0.15, -0.1) is 0 Å². The van der Waals surface area contributed by atoms with Crippen molar-refractivity contribution in [1.82, 2.24) is 0 Å². The fraction of sp³-hybridized carbons (Fsp3) is 0.182. The molecule has 0 saturated carbocycles. The molecule has 0 aromatic heterocycles. The monoisotopic (exact) mass is 266 g/mol. The highest BCUT2D eigenvalue weighted by Crippen LogP contribution is 2.29. The summed E-state index contributed by atoms with van der Waals surface area (Å²) in [5.41, 5.74) is -0.0426. The molecule has 98 valence electrons. The van der Waals surface area contributed by atoms with Crippen LogP contribution in [0.25, 0.3) is 0 Å². The van der Waals surface area contributed by atoms with Gasteiger partial charge in [0.05, 0.1) is 0 Å². The van der Waals surface area contributed by atoms with E-state index in [4.69, 9.17) is 0 Å². The second-order valence-electron chi connectivity index (χ2n) is 3.26. The van der Waals surface area contributed by atoms with Crippen LogP contribution in [-0.4, -0.2) is 5.97 Å². The first-order valence-electron chi connectivity index (χ1n) is 4.67. The van der Waals surface area contributed by atoms with Crippen LogP contribution in [0.5, 0.6) is 5.75 Å². The molecule has 1 aromatic rings. The smallest absolute Gasteiger partial charge is 0.338 e. The molecule has 0 spiro atoms. The van der Waals surface area contributed by atoms with Crippen LogP contribution in [0.15, 0.2) is 11.6 Å². The van der Waals surface area contributed by atoms with E-state index < -0.39 is 40.8 Å². The molecule has 0 aliphatic carbocycles. The molecule has 1 aromatic carbocycles. The number of hydrogen-bond acceptors (Lipinski definition) is 2. The van der Waals surface area contributed by atoms with E-state index in [1.54, 1.807) is 0 Å². The minimum Gasteiger partial charge on any atom is -0.417 e. The first kappa shape index (κ1) is 14.1. The van der Waals surface area contributed by atoms with E-state index in [0.717, 1.165) is 0 Å². The fourth-order valence-corrected chi connectivity index (χ4v) is 0.965. The molecular weight excluding hydrogens is 259 g/mol. The molecule has 18 heavy (non-hydrogen) atoms. The van der Waals surface area contributed by atoms with E-state index in [1.165, 1.54) is 19.9 Å². The quantitative estimate of drug-likeness (QED) is 0.205. The first-order chi connectivity index (χ1) is 8.31. The molecule has 0 atom stereocenters. The van der Waals surface area contributed by atoms with Gasteiger partial charge < -0.3 is 4.74 Å². The van der Waals surface area contributed by atoms with Crippen molar-refractivity contribution in [1.29, 1.82) is 0 Å². The molecule has 0 N–H and O–H groups in total. The Balaban J connectivity index is 3.31. The highest BCUT2D eigenvalue weighted by Gasteiger charge is 2.28. The summed E-state index contributed by atoms with van der Waals surface area (Å²) < 4.78 is 68.6. The predicted octanol–water partition coefficient (Wildman–Crippen LogP) is 3.25. The number of carbonyl (C=O) groups is 1. The van der Waals surface area contributed by atoms with Gasteiger partial charge in [0.2, 0.25) is 34.8 Å². The second kappa shape index (κ2) is 5.16. The Kier molecular flexibility index (Phi) is 4.05. The zero-order valence-electron chi connectivity index (χ0n) is 9.28. The Bertz CT molecular complexity index is 508. The normalized spacial score (nSPS) is 11.6. The van der Waals surface area contributed by atoms with E-state index in [0.29, 0.717) is 0 Å². The number of hydrogen-bond donors (Lipinski definition) is 0. The van der Waals surface area contributed by atoms with Crippen molar-refractivity contribution in [3.8, 4) is 5.75 Å². The summed E-state index contributed by atoms with van der Waals surface area (Å²) in [7, 11) is 0. The topological polar surface area (TPSA) is 26.3 Å². The van der Waals surface area contributed by atoms with Gasteiger partial charge in [-0.1, -0.05) is 6.08 Å². The van der Waals surface area contributed by atoms with Crippen molar-refractivity contribution < 1.29 is 31.5 Å². The van der Waals surface area contributed by atoms with Gasteiger partial charge in [0.1, 0.15) is 0 Å². The summed E-state index contributed by atoms with van der Waals surface area (Å²) in [6.07, 6.45) is 1.26. The van der Waals surface area contributed by atoms with Gasteiger partial charge in [-0.25, -0.2) is 18.0 Å². The Hall–Kier alpha value is -1.92. The van der Waals surface area contributed by atoms with Gasteiger partial charge in [0.25, 0.3) is 0 Å². The summed E-state index contributed by atoms with van der Waals surface area (Å²) in [5, 5.41) is 0. The lowest BCUT2D eigenvalue weighted by Crippen LogP contribution is -2.14. The van der Waals surface area contributed by atoms with Crippen molar-refractivity contribution in [2.45, 2.75) is 13.8 Å². The number of halogens is 5. The van der Waals surface area contributed by atoms with Gasteiger partial charge in [0, 0.05) is 5.57 Å². The number of rotatable bonds is 2. The van der Waals surface area contributed by atoms with Crippen LogP contribution in [-0.2, 0) is 4.79 Å². The van der Waals surface area contributed by atoms with Crippen LogP contribution in [0.1, 0.15) is 13.8 Å². The Morgan fingerprint density at radius 3 is 1.72 bits per heavy atom. The highest BCUT2D eigenvalue weighted by molar-refractivity contribution is 5.89. The highest BCUT2D eigenvalue weighted by atomic mass is 19.2. The lowest BCUT2D eigenvalue weighted by molar-refractivity contribution is -0.130. The molecule has 0 aliphatic rings. The van der Waals surface area contributed by atoms with E-state index in [1.807, 2.05) is 0 Å². The predicted molar refractivity (Wildman–Crippen MR) is 51.3 cm³/mol. The third kappa shape index (κ3) is 2.34. The third-order valence-corrected chi connectivity index (χ3v) is 2.12. The molecule has 0 unspecified atom stereocenters. The molecular formula is C11H7F5O2. The molecule has 0 bridgehead atoms. The zero-order chi connectivity index (χ0) is 14.0. The van der Waals surface area contributed by atoms with Crippen molar-refractivity contribution in [3.63, 3.8) is 0 Å². The van der Waals surface area contributed by atoms with Gasteiger partial charge in [0.15, 0.2) is 0 Å². The van der Waals surface area contributed by atoms with E-state index in [2.05, 4.69) is 4.74 Å². The van der Waals surface area contributed by atoms with Gasteiger partial charge in [-0.2, -0.15) is 8.78 Å². The molecule has 2 nitrogen and oxygen atoms in total. The SMILES string of the molecule is CC=C(C)C(=O)Oc1c(F)c(F)c(F)c(F)c1F. The van der Waals surface area contributed by atoms with Crippen LogP contribution in [0, 0.1) is 29.1 Å². The van der Waals surface area contributed by atoms with Crippen LogP contribution in [0.4, 0.5) is 22.0 Å². The number of allylic oxidation sites excluding steroid dienone is 1. The Morgan fingerprint density at radius 1 is 0.944 bits per heavy atom.